The first-order valence-corrected chi connectivity index (χ1v) is 8.36. The Kier molecular flexibility index (Phi) is 4.58. The summed E-state index contributed by atoms with van der Waals surface area (Å²) in [6.07, 6.45) is 0.844. The smallest absolute Gasteiger partial charge is 0.234 e. The molecular formula is C19H21ClN2O. The van der Waals surface area contributed by atoms with Crippen molar-refractivity contribution < 1.29 is 4.79 Å². The van der Waals surface area contributed by atoms with E-state index >= 15 is 0 Å². The number of carbonyl (C=O) groups is 1. The van der Waals surface area contributed by atoms with Gasteiger partial charge >= 0.3 is 0 Å². The van der Waals surface area contributed by atoms with Gasteiger partial charge in [-0.2, -0.15) is 0 Å². The molecule has 0 aromatic heterocycles. The highest BCUT2D eigenvalue weighted by molar-refractivity contribution is 6.30. The third-order valence-corrected chi connectivity index (χ3v) is 4.75. The van der Waals surface area contributed by atoms with Crippen LogP contribution in [0.2, 0.25) is 5.02 Å². The number of anilines is 2. The SMILES string of the molecule is CCN(C(=O)C1CCN(C)c2ccccc21)c1ccc(Cl)cc1. The molecule has 1 aliphatic rings. The largest absolute Gasteiger partial charge is 0.374 e. The summed E-state index contributed by atoms with van der Waals surface area (Å²) < 4.78 is 0. The maximum absolute atomic E-state index is 13.2. The summed E-state index contributed by atoms with van der Waals surface area (Å²) >= 11 is 5.96. The van der Waals surface area contributed by atoms with Crippen LogP contribution in [-0.2, 0) is 4.79 Å². The van der Waals surface area contributed by atoms with Crippen LogP contribution in [0.25, 0.3) is 0 Å². The highest BCUT2D eigenvalue weighted by Gasteiger charge is 2.31. The van der Waals surface area contributed by atoms with Crippen LogP contribution >= 0.6 is 11.6 Å². The van der Waals surface area contributed by atoms with Crippen LogP contribution in [0.1, 0.15) is 24.8 Å². The molecule has 0 aliphatic carbocycles. The van der Waals surface area contributed by atoms with E-state index < -0.39 is 0 Å². The van der Waals surface area contributed by atoms with Gasteiger partial charge in [0.15, 0.2) is 0 Å². The lowest BCUT2D eigenvalue weighted by atomic mass is 9.88. The van der Waals surface area contributed by atoms with Gasteiger partial charge in [0.25, 0.3) is 0 Å². The molecule has 0 N–H and O–H groups in total. The number of benzene rings is 2. The number of hydrogen-bond acceptors (Lipinski definition) is 2. The summed E-state index contributed by atoms with van der Waals surface area (Å²) in [5, 5.41) is 0.682. The number of fused-ring (bicyclic) bond motifs is 1. The predicted molar refractivity (Wildman–Crippen MR) is 96.5 cm³/mol. The summed E-state index contributed by atoms with van der Waals surface area (Å²) in [5.74, 6) is 0.0772. The van der Waals surface area contributed by atoms with Gasteiger partial charge in [-0.05, 0) is 49.2 Å². The number of carbonyl (C=O) groups excluding carboxylic acids is 1. The zero-order valence-corrected chi connectivity index (χ0v) is 14.3. The molecule has 0 saturated heterocycles. The van der Waals surface area contributed by atoms with E-state index in [9.17, 15) is 4.79 Å². The highest BCUT2D eigenvalue weighted by Crippen LogP contribution is 2.36. The Morgan fingerprint density at radius 2 is 1.91 bits per heavy atom. The lowest BCUT2D eigenvalue weighted by Crippen LogP contribution is -2.39. The molecule has 23 heavy (non-hydrogen) atoms. The topological polar surface area (TPSA) is 23.6 Å². The van der Waals surface area contributed by atoms with E-state index in [2.05, 4.69) is 24.1 Å². The first-order chi connectivity index (χ1) is 11.1. The minimum Gasteiger partial charge on any atom is -0.374 e. The van der Waals surface area contributed by atoms with Gasteiger partial charge in [0, 0.05) is 36.5 Å². The monoisotopic (exact) mass is 328 g/mol. The van der Waals surface area contributed by atoms with E-state index in [1.807, 2.05) is 48.2 Å². The second-order valence-electron chi connectivity index (χ2n) is 5.88. The number of likely N-dealkylation sites (N-methyl/N-ethyl adjacent to an activating group) is 1. The number of para-hydroxylation sites is 1. The van der Waals surface area contributed by atoms with Crippen molar-refractivity contribution in [2.24, 2.45) is 0 Å². The zero-order chi connectivity index (χ0) is 16.4. The number of hydrogen-bond donors (Lipinski definition) is 0. The highest BCUT2D eigenvalue weighted by atomic mass is 35.5. The Balaban J connectivity index is 1.93. The van der Waals surface area contributed by atoms with E-state index in [0.717, 1.165) is 29.9 Å². The van der Waals surface area contributed by atoms with Crippen molar-refractivity contribution in [3.63, 3.8) is 0 Å². The molecule has 0 spiro atoms. The van der Waals surface area contributed by atoms with Crippen molar-refractivity contribution in [3.05, 3.63) is 59.1 Å². The van der Waals surface area contributed by atoms with E-state index in [0.29, 0.717) is 11.6 Å². The average Bonchev–Trinajstić information content (AvgIpc) is 2.58. The molecule has 120 valence electrons. The van der Waals surface area contributed by atoms with Crippen LogP contribution in [0, 0.1) is 0 Å². The summed E-state index contributed by atoms with van der Waals surface area (Å²) in [5.41, 5.74) is 3.18. The minimum absolute atomic E-state index is 0.0852. The molecule has 2 aromatic carbocycles. The minimum atomic E-state index is -0.0852. The fraction of sp³-hybridized carbons (Fsp3) is 0.316. The quantitative estimate of drug-likeness (QED) is 0.838. The molecule has 3 rings (SSSR count). The molecular weight excluding hydrogens is 308 g/mol. The third kappa shape index (κ3) is 3.06. The zero-order valence-electron chi connectivity index (χ0n) is 13.5. The molecule has 0 saturated carbocycles. The predicted octanol–water partition coefficient (Wildman–Crippen LogP) is 4.32. The van der Waals surface area contributed by atoms with Gasteiger partial charge in [0.2, 0.25) is 5.91 Å². The van der Waals surface area contributed by atoms with Crippen LogP contribution in [0.3, 0.4) is 0 Å². The van der Waals surface area contributed by atoms with Gasteiger partial charge in [-0.15, -0.1) is 0 Å². The molecule has 3 nitrogen and oxygen atoms in total. The Morgan fingerprint density at radius 1 is 1.22 bits per heavy atom. The molecule has 1 amide bonds. The number of amides is 1. The Labute approximate surface area is 142 Å². The Bertz CT molecular complexity index is 699. The fourth-order valence-electron chi connectivity index (χ4n) is 3.26. The Morgan fingerprint density at radius 3 is 2.61 bits per heavy atom. The number of rotatable bonds is 3. The second kappa shape index (κ2) is 6.63. The molecule has 1 unspecified atom stereocenters. The maximum atomic E-state index is 13.2. The molecule has 0 fully saturated rings. The number of nitrogens with zero attached hydrogens (tertiary/aromatic N) is 2. The molecule has 2 aromatic rings. The van der Waals surface area contributed by atoms with Crippen molar-refractivity contribution >= 4 is 28.9 Å². The molecule has 0 bridgehead atoms. The Hall–Kier alpha value is -2.00. The van der Waals surface area contributed by atoms with Crippen LogP contribution < -0.4 is 9.80 Å². The first kappa shape index (κ1) is 15.9. The fourth-order valence-corrected chi connectivity index (χ4v) is 3.39. The van der Waals surface area contributed by atoms with Crippen molar-refractivity contribution in [2.75, 3.05) is 29.9 Å². The standard InChI is InChI=1S/C19H21ClN2O/c1-3-22(15-10-8-14(20)9-11-15)19(23)17-12-13-21(2)18-7-5-4-6-16(17)18/h4-11,17H,3,12-13H2,1-2H3. The van der Waals surface area contributed by atoms with Gasteiger partial charge in [-0.1, -0.05) is 29.8 Å². The summed E-state index contributed by atoms with van der Waals surface area (Å²) in [6, 6.07) is 15.7. The number of halogens is 1. The van der Waals surface area contributed by atoms with Crippen LogP contribution in [-0.4, -0.2) is 26.0 Å². The van der Waals surface area contributed by atoms with Crippen molar-refractivity contribution in [1.29, 1.82) is 0 Å². The first-order valence-electron chi connectivity index (χ1n) is 7.99. The van der Waals surface area contributed by atoms with Gasteiger partial charge in [0.1, 0.15) is 0 Å². The molecule has 4 heteroatoms. The average molecular weight is 329 g/mol. The second-order valence-corrected chi connectivity index (χ2v) is 6.32. The van der Waals surface area contributed by atoms with Gasteiger partial charge in [-0.25, -0.2) is 0 Å². The van der Waals surface area contributed by atoms with E-state index in [4.69, 9.17) is 11.6 Å². The lowest BCUT2D eigenvalue weighted by Gasteiger charge is -2.35. The summed E-state index contributed by atoms with van der Waals surface area (Å²) in [4.78, 5) is 17.2. The van der Waals surface area contributed by atoms with Gasteiger partial charge < -0.3 is 9.80 Å². The van der Waals surface area contributed by atoms with Crippen molar-refractivity contribution in [3.8, 4) is 0 Å². The lowest BCUT2D eigenvalue weighted by molar-refractivity contribution is -0.120. The summed E-state index contributed by atoms with van der Waals surface area (Å²) in [6.45, 7) is 3.55. The molecule has 1 heterocycles. The van der Waals surface area contributed by atoms with Gasteiger partial charge in [-0.3, -0.25) is 4.79 Å². The molecule has 1 aliphatic heterocycles. The third-order valence-electron chi connectivity index (χ3n) is 4.50. The van der Waals surface area contributed by atoms with Crippen molar-refractivity contribution in [2.45, 2.75) is 19.3 Å². The van der Waals surface area contributed by atoms with E-state index in [1.165, 1.54) is 0 Å². The van der Waals surface area contributed by atoms with Crippen LogP contribution in [0.5, 0.6) is 0 Å². The maximum Gasteiger partial charge on any atom is 0.234 e. The molecule has 1 atom stereocenters. The van der Waals surface area contributed by atoms with Gasteiger partial charge in [0.05, 0.1) is 5.92 Å². The molecule has 0 radical (unpaired) electrons. The van der Waals surface area contributed by atoms with Crippen LogP contribution in [0.4, 0.5) is 11.4 Å². The van der Waals surface area contributed by atoms with Crippen molar-refractivity contribution in [1.82, 2.24) is 0 Å². The summed E-state index contributed by atoms with van der Waals surface area (Å²) in [7, 11) is 2.08. The van der Waals surface area contributed by atoms with Crippen LogP contribution in [0.15, 0.2) is 48.5 Å². The normalized spacial score (nSPS) is 16.8. The van der Waals surface area contributed by atoms with E-state index in [-0.39, 0.29) is 11.8 Å². The van der Waals surface area contributed by atoms with E-state index in [1.54, 1.807) is 0 Å².